The third kappa shape index (κ3) is 14.1. The second kappa shape index (κ2) is 23.3. The zero-order valence-electron chi connectivity index (χ0n) is 29.0. The Morgan fingerprint density at radius 1 is 0.660 bits per heavy atom. The summed E-state index contributed by atoms with van der Waals surface area (Å²) in [4.78, 5) is 33.8. The number of nitrogens with zero attached hydrogens (tertiary/aromatic N) is 2. The first kappa shape index (κ1) is 39.1. The SMILES string of the molecule is CCCN(C/C=C\CNOC(=O)C(=O)NC/C=C\CN(CCC)CCc1cccc(OC)c1OC)CCc1cccc(OC)c1OC. The number of rotatable bonds is 23. The molecule has 0 aliphatic rings. The highest BCUT2D eigenvalue weighted by molar-refractivity contribution is 6.32. The highest BCUT2D eigenvalue weighted by atomic mass is 16.7. The van der Waals surface area contributed by atoms with Gasteiger partial charge in [0, 0.05) is 39.3 Å². The van der Waals surface area contributed by atoms with Crippen molar-refractivity contribution in [3.8, 4) is 23.0 Å². The quantitative estimate of drug-likeness (QED) is 0.0783. The van der Waals surface area contributed by atoms with Gasteiger partial charge in [0.2, 0.25) is 0 Å². The van der Waals surface area contributed by atoms with Crippen LogP contribution in [-0.2, 0) is 27.3 Å². The van der Waals surface area contributed by atoms with Gasteiger partial charge in [-0.2, -0.15) is 0 Å². The number of nitrogens with one attached hydrogen (secondary N) is 2. The van der Waals surface area contributed by atoms with Gasteiger partial charge in [0.1, 0.15) is 0 Å². The molecule has 2 aromatic rings. The molecule has 0 bridgehead atoms. The van der Waals surface area contributed by atoms with E-state index in [0.717, 1.165) is 99.1 Å². The molecule has 0 saturated carbocycles. The van der Waals surface area contributed by atoms with Crippen LogP contribution in [0.2, 0.25) is 0 Å². The van der Waals surface area contributed by atoms with Gasteiger partial charge in [0.05, 0.1) is 28.4 Å². The monoisotopic (exact) mass is 654 g/mol. The fraction of sp³-hybridized carbons (Fsp3) is 0.500. The smallest absolute Gasteiger partial charge is 0.415 e. The zero-order valence-corrected chi connectivity index (χ0v) is 29.0. The van der Waals surface area contributed by atoms with Crippen LogP contribution in [-0.4, -0.2) is 102 Å². The number of ether oxygens (including phenoxy) is 4. The number of hydroxylamine groups is 1. The summed E-state index contributed by atoms with van der Waals surface area (Å²) in [6.45, 7) is 9.85. The number of carbonyl (C=O) groups is 2. The molecule has 11 heteroatoms. The number of methoxy groups -OCH3 is 4. The molecule has 260 valence electrons. The Morgan fingerprint density at radius 3 is 1.60 bits per heavy atom. The van der Waals surface area contributed by atoms with Crippen molar-refractivity contribution in [2.45, 2.75) is 39.5 Å². The Bertz CT molecular complexity index is 1270. The molecule has 1 amide bonds. The van der Waals surface area contributed by atoms with E-state index in [4.69, 9.17) is 23.8 Å². The fourth-order valence-corrected chi connectivity index (χ4v) is 5.12. The number of benzene rings is 2. The van der Waals surface area contributed by atoms with Crippen molar-refractivity contribution in [2.24, 2.45) is 0 Å². The van der Waals surface area contributed by atoms with Crippen LogP contribution < -0.4 is 29.7 Å². The van der Waals surface area contributed by atoms with Crippen molar-refractivity contribution < 1.29 is 33.4 Å². The molecule has 0 heterocycles. The maximum atomic E-state index is 12.1. The summed E-state index contributed by atoms with van der Waals surface area (Å²) in [5.41, 5.74) is 4.73. The van der Waals surface area contributed by atoms with Crippen LogP contribution in [0.15, 0.2) is 60.7 Å². The second-order valence-electron chi connectivity index (χ2n) is 10.8. The van der Waals surface area contributed by atoms with Gasteiger partial charge in [-0.3, -0.25) is 14.6 Å². The van der Waals surface area contributed by atoms with E-state index >= 15 is 0 Å². The highest BCUT2D eigenvalue weighted by Gasteiger charge is 2.15. The van der Waals surface area contributed by atoms with E-state index in [1.165, 1.54) is 0 Å². The lowest BCUT2D eigenvalue weighted by Crippen LogP contribution is -2.36. The first-order valence-corrected chi connectivity index (χ1v) is 16.3. The average molecular weight is 655 g/mol. The Balaban J connectivity index is 1.68. The molecule has 0 saturated heterocycles. The Morgan fingerprint density at radius 2 is 1.15 bits per heavy atom. The Labute approximate surface area is 280 Å². The summed E-state index contributed by atoms with van der Waals surface area (Å²) in [5, 5.41) is 2.57. The summed E-state index contributed by atoms with van der Waals surface area (Å²) in [6.07, 6.45) is 11.4. The lowest BCUT2D eigenvalue weighted by atomic mass is 10.1. The molecule has 0 atom stereocenters. The van der Waals surface area contributed by atoms with Crippen molar-refractivity contribution in [3.63, 3.8) is 0 Å². The van der Waals surface area contributed by atoms with Gasteiger partial charge in [-0.15, -0.1) is 5.48 Å². The van der Waals surface area contributed by atoms with E-state index in [1.54, 1.807) is 28.4 Å². The number of amides is 1. The van der Waals surface area contributed by atoms with Crippen LogP contribution in [0.1, 0.15) is 37.8 Å². The zero-order chi connectivity index (χ0) is 34.3. The molecular weight excluding hydrogens is 600 g/mol. The standard InChI is InChI=1S/C36H54N4O7/c1-7-23-39(27-19-29-15-13-17-31(43-3)33(29)45-5)25-11-9-21-37-35(41)36(42)47-38-22-10-12-26-40(24-8-2)28-20-30-16-14-18-32(44-4)34(30)46-6/h9-18,38H,7-8,19-28H2,1-6H3,(H,37,41)/b11-9-,12-10-. The van der Waals surface area contributed by atoms with Crippen molar-refractivity contribution >= 4 is 11.9 Å². The predicted molar refractivity (Wildman–Crippen MR) is 185 cm³/mol. The molecule has 2 N–H and O–H groups in total. The molecular formula is C36H54N4O7. The summed E-state index contributed by atoms with van der Waals surface area (Å²) >= 11 is 0. The number of hydrogen-bond acceptors (Lipinski definition) is 10. The van der Waals surface area contributed by atoms with Crippen molar-refractivity contribution in [3.05, 3.63) is 71.8 Å². The van der Waals surface area contributed by atoms with Crippen LogP contribution in [0.3, 0.4) is 0 Å². The molecule has 0 fully saturated rings. The number of carbonyl (C=O) groups excluding carboxylic acids is 2. The minimum absolute atomic E-state index is 0.229. The maximum Gasteiger partial charge on any atom is 0.415 e. The Hall–Kier alpha value is -4.06. The number of hydrogen-bond donors (Lipinski definition) is 2. The van der Waals surface area contributed by atoms with Crippen molar-refractivity contribution in [1.82, 2.24) is 20.6 Å². The van der Waals surface area contributed by atoms with E-state index in [-0.39, 0.29) is 13.1 Å². The van der Waals surface area contributed by atoms with Crippen LogP contribution in [0, 0.1) is 0 Å². The van der Waals surface area contributed by atoms with Gasteiger partial charge in [-0.25, -0.2) is 4.79 Å². The molecule has 0 unspecified atom stereocenters. The van der Waals surface area contributed by atoms with Crippen LogP contribution >= 0.6 is 0 Å². The van der Waals surface area contributed by atoms with E-state index in [9.17, 15) is 9.59 Å². The van der Waals surface area contributed by atoms with Gasteiger partial charge in [0.15, 0.2) is 23.0 Å². The molecule has 2 rings (SSSR count). The third-order valence-electron chi connectivity index (χ3n) is 7.44. The number of para-hydroxylation sites is 2. The molecule has 2 aromatic carbocycles. The summed E-state index contributed by atoms with van der Waals surface area (Å²) in [7, 11) is 6.58. The van der Waals surface area contributed by atoms with E-state index in [1.807, 2.05) is 54.6 Å². The summed E-state index contributed by atoms with van der Waals surface area (Å²) in [5.74, 6) is 1.20. The molecule has 11 nitrogen and oxygen atoms in total. The van der Waals surface area contributed by atoms with Gasteiger partial charge >= 0.3 is 11.9 Å². The topological polar surface area (TPSA) is 111 Å². The third-order valence-corrected chi connectivity index (χ3v) is 7.44. The first-order valence-electron chi connectivity index (χ1n) is 16.3. The normalized spacial score (nSPS) is 11.4. The molecule has 47 heavy (non-hydrogen) atoms. The van der Waals surface area contributed by atoms with Gasteiger partial charge in [-0.05, 0) is 62.0 Å². The maximum absolute atomic E-state index is 12.1. The van der Waals surface area contributed by atoms with E-state index in [0.29, 0.717) is 0 Å². The molecule has 0 aromatic heterocycles. The summed E-state index contributed by atoms with van der Waals surface area (Å²) < 4.78 is 21.9. The minimum Gasteiger partial charge on any atom is -0.493 e. The highest BCUT2D eigenvalue weighted by Crippen LogP contribution is 2.32. The second-order valence-corrected chi connectivity index (χ2v) is 10.8. The van der Waals surface area contributed by atoms with Crippen LogP contribution in [0.4, 0.5) is 0 Å². The largest absolute Gasteiger partial charge is 0.493 e. The van der Waals surface area contributed by atoms with Crippen molar-refractivity contribution in [2.75, 3.05) is 80.8 Å². The van der Waals surface area contributed by atoms with Crippen LogP contribution in [0.5, 0.6) is 23.0 Å². The minimum atomic E-state index is -0.980. The Kier molecular flexibility index (Phi) is 19.4. The lowest BCUT2D eigenvalue weighted by Gasteiger charge is -2.21. The lowest BCUT2D eigenvalue weighted by molar-refractivity contribution is -0.160. The fourth-order valence-electron chi connectivity index (χ4n) is 5.12. The van der Waals surface area contributed by atoms with E-state index in [2.05, 4.69) is 40.5 Å². The molecule has 0 aliphatic carbocycles. The summed E-state index contributed by atoms with van der Waals surface area (Å²) in [6, 6.07) is 11.8. The predicted octanol–water partition coefficient (Wildman–Crippen LogP) is 4.21. The first-order chi connectivity index (χ1) is 22.9. The average Bonchev–Trinajstić information content (AvgIpc) is 3.09. The van der Waals surface area contributed by atoms with Gasteiger partial charge in [-0.1, -0.05) is 62.4 Å². The van der Waals surface area contributed by atoms with Crippen molar-refractivity contribution in [1.29, 1.82) is 0 Å². The molecule has 0 spiro atoms. The van der Waals surface area contributed by atoms with Crippen LogP contribution in [0.25, 0.3) is 0 Å². The molecule has 0 radical (unpaired) electrons. The van der Waals surface area contributed by atoms with Gasteiger partial charge in [0.25, 0.3) is 0 Å². The van der Waals surface area contributed by atoms with E-state index < -0.39 is 11.9 Å². The van der Waals surface area contributed by atoms with Gasteiger partial charge < -0.3 is 29.1 Å². The molecule has 0 aliphatic heterocycles.